The second-order valence-electron chi connectivity index (χ2n) is 7.10. The Balaban J connectivity index is 1.76. The summed E-state index contributed by atoms with van der Waals surface area (Å²) in [6.45, 7) is 0.218. The van der Waals surface area contributed by atoms with E-state index in [1.165, 1.54) is 29.3 Å². The van der Waals surface area contributed by atoms with Crippen molar-refractivity contribution in [3.8, 4) is 5.69 Å². The van der Waals surface area contributed by atoms with Crippen LogP contribution in [0, 0.1) is 5.82 Å². The van der Waals surface area contributed by atoms with Crippen molar-refractivity contribution in [1.29, 1.82) is 0 Å². The topological polar surface area (TPSA) is 75.0 Å². The van der Waals surface area contributed by atoms with Gasteiger partial charge in [0.15, 0.2) is 11.2 Å². The molecule has 7 nitrogen and oxygen atoms in total. The van der Waals surface area contributed by atoms with Gasteiger partial charge in [0, 0.05) is 6.54 Å². The van der Waals surface area contributed by atoms with Crippen LogP contribution >= 0.6 is 0 Å². The summed E-state index contributed by atoms with van der Waals surface area (Å²) >= 11 is 0. The van der Waals surface area contributed by atoms with Crippen LogP contribution in [-0.4, -0.2) is 18.7 Å². The lowest BCUT2D eigenvalue weighted by Crippen LogP contribution is -2.40. The fraction of sp³-hybridized carbons (Fsp3) is 0.0870. The van der Waals surface area contributed by atoms with Crippen LogP contribution < -0.4 is 11.2 Å². The first-order chi connectivity index (χ1) is 15.1. The molecule has 3 heterocycles. The van der Waals surface area contributed by atoms with Gasteiger partial charge in [-0.15, -0.1) is 0 Å². The van der Waals surface area contributed by atoms with E-state index in [0.717, 1.165) is 4.57 Å². The van der Waals surface area contributed by atoms with Gasteiger partial charge in [-0.05, 0) is 42.0 Å². The molecule has 31 heavy (non-hydrogen) atoms. The second kappa shape index (κ2) is 7.56. The number of hydrogen-bond donors (Lipinski definition) is 0. The van der Waals surface area contributed by atoms with E-state index in [-0.39, 0.29) is 30.1 Å². The van der Waals surface area contributed by atoms with Gasteiger partial charge in [0.2, 0.25) is 0 Å². The maximum absolute atomic E-state index is 13.7. The van der Waals surface area contributed by atoms with Crippen LogP contribution in [0.2, 0.25) is 0 Å². The number of rotatable bonds is 5. The van der Waals surface area contributed by atoms with E-state index in [9.17, 15) is 14.0 Å². The Kier molecular flexibility index (Phi) is 4.59. The van der Waals surface area contributed by atoms with Gasteiger partial charge in [0.05, 0.1) is 24.8 Å². The molecule has 2 aromatic carbocycles. The highest BCUT2D eigenvalue weighted by molar-refractivity contribution is 5.72. The third-order valence-electron chi connectivity index (χ3n) is 5.05. The van der Waals surface area contributed by atoms with Crippen LogP contribution in [-0.2, 0) is 13.1 Å². The van der Waals surface area contributed by atoms with Crippen LogP contribution in [0.1, 0.15) is 11.3 Å². The van der Waals surface area contributed by atoms with E-state index < -0.39 is 11.2 Å². The molecule has 8 heteroatoms. The Morgan fingerprint density at radius 2 is 1.77 bits per heavy atom. The fourth-order valence-corrected chi connectivity index (χ4v) is 3.64. The van der Waals surface area contributed by atoms with Crippen molar-refractivity contribution in [1.82, 2.24) is 18.7 Å². The predicted molar refractivity (Wildman–Crippen MR) is 113 cm³/mol. The molecule has 0 N–H and O–H groups in total. The summed E-state index contributed by atoms with van der Waals surface area (Å²) in [6.07, 6.45) is 2.98. The second-order valence-corrected chi connectivity index (χ2v) is 7.10. The number of nitrogens with zero attached hydrogens (tertiary/aromatic N) is 4. The first kappa shape index (κ1) is 18.8. The predicted octanol–water partition coefficient (Wildman–Crippen LogP) is 3.18. The molecule has 0 fully saturated rings. The molecule has 0 amide bonds. The Labute approximate surface area is 175 Å². The summed E-state index contributed by atoms with van der Waals surface area (Å²) < 4.78 is 23.2. The zero-order valence-corrected chi connectivity index (χ0v) is 16.3. The Morgan fingerprint density at radius 1 is 0.935 bits per heavy atom. The maximum atomic E-state index is 13.7. The number of hydrogen-bond acceptors (Lipinski definition) is 4. The van der Waals surface area contributed by atoms with E-state index in [1.54, 1.807) is 53.1 Å². The van der Waals surface area contributed by atoms with Crippen molar-refractivity contribution in [2.75, 3.05) is 0 Å². The summed E-state index contributed by atoms with van der Waals surface area (Å²) in [5, 5.41) is 0. The zero-order chi connectivity index (χ0) is 21.4. The molecular formula is C23H17FN4O3. The number of furan rings is 1. The van der Waals surface area contributed by atoms with E-state index in [0.29, 0.717) is 17.0 Å². The molecule has 154 valence electrons. The number of halogens is 1. The minimum absolute atomic E-state index is 0.0153. The molecule has 0 radical (unpaired) electrons. The fourth-order valence-electron chi connectivity index (χ4n) is 3.64. The highest BCUT2D eigenvalue weighted by Crippen LogP contribution is 2.15. The van der Waals surface area contributed by atoms with Crippen LogP contribution in [0.5, 0.6) is 0 Å². The minimum Gasteiger partial charge on any atom is -0.467 e. The smallest absolute Gasteiger partial charge is 0.337 e. The lowest BCUT2D eigenvalue weighted by atomic mass is 10.2. The summed E-state index contributed by atoms with van der Waals surface area (Å²) in [5.74, 6) is 0.118. The van der Waals surface area contributed by atoms with Gasteiger partial charge in [-0.2, -0.15) is 0 Å². The van der Waals surface area contributed by atoms with Crippen molar-refractivity contribution in [2.45, 2.75) is 13.1 Å². The van der Waals surface area contributed by atoms with E-state index in [1.807, 2.05) is 6.07 Å². The summed E-state index contributed by atoms with van der Waals surface area (Å²) in [6, 6.07) is 18.5. The molecule has 0 bridgehead atoms. The number of benzene rings is 2. The lowest BCUT2D eigenvalue weighted by Gasteiger charge is -2.12. The van der Waals surface area contributed by atoms with Gasteiger partial charge >= 0.3 is 5.69 Å². The van der Waals surface area contributed by atoms with Crippen molar-refractivity contribution in [3.63, 3.8) is 0 Å². The summed E-state index contributed by atoms with van der Waals surface area (Å²) in [4.78, 5) is 31.1. The molecule has 0 unspecified atom stereocenters. The quantitative estimate of drug-likeness (QED) is 0.441. The molecule has 0 aliphatic heterocycles. The van der Waals surface area contributed by atoms with Crippen LogP contribution in [0.15, 0.2) is 93.3 Å². The van der Waals surface area contributed by atoms with Crippen molar-refractivity contribution in [2.24, 2.45) is 0 Å². The van der Waals surface area contributed by atoms with Gasteiger partial charge in [-0.25, -0.2) is 18.7 Å². The zero-order valence-electron chi connectivity index (χ0n) is 16.3. The maximum Gasteiger partial charge on any atom is 0.337 e. The van der Waals surface area contributed by atoms with Gasteiger partial charge < -0.3 is 8.98 Å². The van der Waals surface area contributed by atoms with Crippen molar-refractivity contribution in [3.05, 3.63) is 117 Å². The highest BCUT2D eigenvalue weighted by atomic mass is 19.1. The molecule has 0 atom stereocenters. The molecule has 0 saturated carbocycles. The van der Waals surface area contributed by atoms with Crippen LogP contribution in [0.3, 0.4) is 0 Å². The number of para-hydroxylation sites is 1. The highest BCUT2D eigenvalue weighted by Gasteiger charge is 2.20. The molecule has 0 spiro atoms. The number of aromatic nitrogens is 4. The SMILES string of the molecule is O=c1c2c(ncn2Cc2cccc(F)c2)n(-c2ccccc2)c(=O)n1Cc1ccco1. The largest absolute Gasteiger partial charge is 0.467 e. The van der Waals surface area contributed by atoms with Crippen molar-refractivity contribution >= 4 is 11.2 Å². The van der Waals surface area contributed by atoms with Crippen LogP contribution in [0.25, 0.3) is 16.9 Å². The molecule has 3 aromatic heterocycles. The van der Waals surface area contributed by atoms with Gasteiger partial charge in [0.1, 0.15) is 11.6 Å². The minimum atomic E-state index is -0.517. The Morgan fingerprint density at radius 3 is 2.52 bits per heavy atom. The van der Waals surface area contributed by atoms with E-state index in [2.05, 4.69) is 4.98 Å². The normalized spacial score (nSPS) is 11.3. The number of fused-ring (bicyclic) bond motifs is 1. The third kappa shape index (κ3) is 3.38. The number of imidazole rings is 1. The first-order valence-electron chi connectivity index (χ1n) is 9.65. The molecule has 0 aliphatic carbocycles. The average molecular weight is 416 g/mol. The first-order valence-corrected chi connectivity index (χ1v) is 9.65. The van der Waals surface area contributed by atoms with E-state index >= 15 is 0 Å². The molecule has 0 saturated heterocycles. The van der Waals surface area contributed by atoms with Gasteiger partial charge in [0.25, 0.3) is 5.56 Å². The molecular weight excluding hydrogens is 399 g/mol. The van der Waals surface area contributed by atoms with E-state index in [4.69, 9.17) is 4.42 Å². The third-order valence-corrected chi connectivity index (χ3v) is 5.05. The lowest BCUT2D eigenvalue weighted by molar-refractivity contribution is 0.482. The Bertz CT molecular complexity index is 1480. The average Bonchev–Trinajstić information content (AvgIpc) is 3.42. The standard InChI is InChI=1S/C23H17FN4O3/c24-17-7-4-6-16(12-17)13-26-15-25-21-20(26)22(29)27(14-19-10-5-11-31-19)23(30)28(21)18-8-2-1-3-9-18/h1-12,15H,13-14H2. The van der Waals surface area contributed by atoms with Crippen molar-refractivity contribution < 1.29 is 8.81 Å². The summed E-state index contributed by atoms with van der Waals surface area (Å²) in [7, 11) is 0. The molecule has 5 aromatic rings. The van der Waals surface area contributed by atoms with Gasteiger partial charge in [-0.3, -0.25) is 9.36 Å². The van der Waals surface area contributed by atoms with Crippen LogP contribution in [0.4, 0.5) is 4.39 Å². The Hall–Kier alpha value is -4.20. The monoisotopic (exact) mass is 416 g/mol. The van der Waals surface area contributed by atoms with Gasteiger partial charge in [-0.1, -0.05) is 30.3 Å². The molecule has 5 rings (SSSR count). The molecule has 0 aliphatic rings. The summed E-state index contributed by atoms with van der Waals surface area (Å²) in [5.41, 5.74) is 0.747.